The molecule has 0 aromatic heterocycles. The summed E-state index contributed by atoms with van der Waals surface area (Å²) >= 11 is 0. The minimum absolute atomic E-state index is 0.557. The molecule has 104 valence electrons. The number of ether oxygens (including phenoxy) is 3. The van der Waals surface area contributed by atoms with Gasteiger partial charge in [-0.05, 0) is 12.8 Å². The molecule has 0 amide bonds. The minimum atomic E-state index is 0.557. The topological polar surface area (TPSA) is 39.7 Å². The van der Waals surface area contributed by atoms with Crippen molar-refractivity contribution in [1.29, 1.82) is 0 Å². The van der Waals surface area contributed by atoms with Crippen molar-refractivity contribution in [2.45, 2.75) is 33.2 Å². The van der Waals surface area contributed by atoms with Crippen LogP contribution in [-0.4, -0.2) is 52.7 Å². The molecule has 0 bridgehead atoms. The number of methoxy groups -OCH3 is 1. The van der Waals surface area contributed by atoms with Crippen molar-refractivity contribution in [2.24, 2.45) is 5.92 Å². The van der Waals surface area contributed by atoms with Crippen molar-refractivity contribution in [2.75, 3.05) is 46.7 Å². The van der Waals surface area contributed by atoms with Crippen molar-refractivity contribution >= 4 is 0 Å². The molecular formula is C13H29NO3. The minimum Gasteiger partial charge on any atom is -0.382 e. The van der Waals surface area contributed by atoms with E-state index in [9.17, 15) is 0 Å². The van der Waals surface area contributed by atoms with Crippen LogP contribution in [0.25, 0.3) is 0 Å². The summed E-state index contributed by atoms with van der Waals surface area (Å²) in [5, 5.41) is 3.46. The van der Waals surface area contributed by atoms with Gasteiger partial charge in [0, 0.05) is 19.7 Å². The van der Waals surface area contributed by atoms with E-state index in [0.717, 1.165) is 13.2 Å². The van der Waals surface area contributed by atoms with Gasteiger partial charge in [-0.3, -0.25) is 0 Å². The number of nitrogens with one attached hydrogen (secondary N) is 1. The summed E-state index contributed by atoms with van der Waals surface area (Å²) in [6, 6.07) is 0.557. The molecule has 0 aliphatic carbocycles. The molecule has 0 aromatic carbocycles. The first-order chi connectivity index (χ1) is 8.22. The van der Waals surface area contributed by atoms with Gasteiger partial charge in [0.1, 0.15) is 0 Å². The predicted octanol–water partition coefficient (Wildman–Crippen LogP) is 1.69. The average molecular weight is 247 g/mol. The van der Waals surface area contributed by atoms with Crippen LogP contribution >= 0.6 is 0 Å². The van der Waals surface area contributed by atoms with E-state index >= 15 is 0 Å². The first kappa shape index (κ1) is 16.8. The Kier molecular flexibility index (Phi) is 12.2. The molecule has 2 atom stereocenters. The van der Waals surface area contributed by atoms with Gasteiger partial charge in [0.2, 0.25) is 0 Å². The molecule has 0 aliphatic heterocycles. The molecule has 0 saturated carbocycles. The third-order valence-electron chi connectivity index (χ3n) is 3.01. The van der Waals surface area contributed by atoms with Crippen LogP contribution in [0.2, 0.25) is 0 Å². The molecule has 0 saturated heterocycles. The average Bonchev–Trinajstić information content (AvgIpc) is 2.35. The quantitative estimate of drug-likeness (QED) is 0.533. The molecule has 0 radical (unpaired) electrons. The van der Waals surface area contributed by atoms with Crippen LogP contribution in [0.15, 0.2) is 0 Å². The van der Waals surface area contributed by atoms with Crippen LogP contribution in [0, 0.1) is 5.92 Å². The zero-order chi connectivity index (χ0) is 12.9. The summed E-state index contributed by atoms with van der Waals surface area (Å²) < 4.78 is 15.6. The van der Waals surface area contributed by atoms with Crippen molar-refractivity contribution < 1.29 is 14.2 Å². The van der Waals surface area contributed by atoms with Crippen LogP contribution < -0.4 is 5.32 Å². The zero-order valence-electron chi connectivity index (χ0n) is 11.8. The molecule has 4 nitrogen and oxygen atoms in total. The first-order valence-corrected chi connectivity index (χ1v) is 6.60. The van der Waals surface area contributed by atoms with Gasteiger partial charge in [0.25, 0.3) is 0 Å². The Morgan fingerprint density at radius 2 is 1.53 bits per heavy atom. The first-order valence-electron chi connectivity index (χ1n) is 6.60. The molecule has 0 aliphatic rings. The number of hydrogen-bond donors (Lipinski definition) is 1. The third kappa shape index (κ3) is 10.7. The number of hydrogen-bond acceptors (Lipinski definition) is 4. The second kappa shape index (κ2) is 12.3. The molecule has 0 fully saturated rings. The van der Waals surface area contributed by atoms with E-state index in [0.29, 0.717) is 38.4 Å². The molecule has 4 heteroatoms. The Morgan fingerprint density at radius 3 is 2.12 bits per heavy atom. The van der Waals surface area contributed by atoms with Gasteiger partial charge >= 0.3 is 0 Å². The summed E-state index contributed by atoms with van der Waals surface area (Å²) in [6.45, 7) is 10.9. The van der Waals surface area contributed by atoms with E-state index in [4.69, 9.17) is 14.2 Å². The Hall–Kier alpha value is -0.160. The van der Waals surface area contributed by atoms with Gasteiger partial charge in [0.15, 0.2) is 0 Å². The smallest absolute Gasteiger partial charge is 0.0701 e. The van der Waals surface area contributed by atoms with Crippen LogP contribution in [0.3, 0.4) is 0 Å². The van der Waals surface area contributed by atoms with E-state index in [-0.39, 0.29) is 0 Å². The molecule has 2 unspecified atom stereocenters. The highest BCUT2D eigenvalue weighted by atomic mass is 16.5. The van der Waals surface area contributed by atoms with Gasteiger partial charge in [-0.2, -0.15) is 0 Å². The molecule has 0 spiro atoms. The van der Waals surface area contributed by atoms with Gasteiger partial charge < -0.3 is 19.5 Å². The maximum atomic E-state index is 5.45. The fraction of sp³-hybridized carbons (Fsp3) is 1.00. The van der Waals surface area contributed by atoms with Crippen molar-refractivity contribution in [3.63, 3.8) is 0 Å². The van der Waals surface area contributed by atoms with E-state index in [2.05, 4.69) is 26.1 Å². The highest BCUT2D eigenvalue weighted by molar-refractivity contribution is 4.66. The number of rotatable bonds is 12. The molecular weight excluding hydrogens is 218 g/mol. The van der Waals surface area contributed by atoms with E-state index < -0.39 is 0 Å². The third-order valence-corrected chi connectivity index (χ3v) is 3.01. The van der Waals surface area contributed by atoms with Gasteiger partial charge in [-0.1, -0.05) is 20.3 Å². The Morgan fingerprint density at radius 1 is 0.941 bits per heavy atom. The molecule has 0 heterocycles. The van der Waals surface area contributed by atoms with Crippen LogP contribution in [0.5, 0.6) is 0 Å². The largest absolute Gasteiger partial charge is 0.382 e. The Balaban J connectivity index is 3.13. The monoisotopic (exact) mass is 247 g/mol. The molecule has 0 rings (SSSR count). The van der Waals surface area contributed by atoms with Gasteiger partial charge in [-0.25, -0.2) is 0 Å². The summed E-state index contributed by atoms with van der Waals surface area (Å²) in [5.74, 6) is 0.715. The summed E-state index contributed by atoms with van der Waals surface area (Å²) in [7, 11) is 1.67. The lowest BCUT2D eigenvalue weighted by Gasteiger charge is -2.19. The van der Waals surface area contributed by atoms with Crippen LogP contribution in [-0.2, 0) is 14.2 Å². The van der Waals surface area contributed by atoms with Gasteiger partial charge in [-0.15, -0.1) is 0 Å². The zero-order valence-corrected chi connectivity index (χ0v) is 11.8. The van der Waals surface area contributed by atoms with E-state index in [1.807, 2.05) is 0 Å². The Bertz CT molecular complexity index is 156. The highest BCUT2D eigenvalue weighted by Crippen LogP contribution is 2.05. The van der Waals surface area contributed by atoms with Gasteiger partial charge in [0.05, 0.1) is 33.0 Å². The lowest BCUT2D eigenvalue weighted by molar-refractivity contribution is 0.0250. The van der Waals surface area contributed by atoms with Crippen molar-refractivity contribution in [1.82, 2.24) is 5.32 Å². The molecule has 1 N–H and O–H groups in total. The molecule has 0 aromatic rings. The predicted molar refractivity (Wildman–Crippen MR) is 70.4 cm³/mol. The maximum absolute atomic E-state index is 5.45. The summed E-state index contributed by atoms with van der Waals surface area (Å²) in [5.41, 5.74) is 0. The Labute approximate surface area is 106 Å². The standard InChI is InChI=1S/C13H29NO3/c1-5-12(2)13(3)14-6-7-16-10-11-17-9-8-15-4/h12-14H,5-11H2,1-4H3. The lowest BCUT2D eigenvalue weighted by atomic mass is 10.0. The van der Waals surface area contributed by atoms with Crippen molar-refractivity contribution in [3.8, 4) is 0 Å². The lowest BCUT2D eigenvalue weighted by Crippen LogP contribution is -2.34. The summed E-state index contributed by atoms with van der Waals surface area (Å²) in [6.07, 6.45) is 1.21. The second-order valence-electron chi connectivity index (χ2n) is 4.35. The van der Waals surface area contributed by atoms with E-state index in [1.54, 1.807) is 7.11 Å². The fourth-order valence-electron chi connectivity index (χ4n) is 1.38. The highest BCUT2D eigenvalue weighted by Gasteiger charge is 2.07. The van der Waals surface area contributed by atoms with Crippen LogP contribution in [0.4, 0.5) is 0 Å². The fourth-order valence-corrected chi connectivity index (χ4v) is 1.38. The summed E-state index contributed by atoms with van der Waals surface area (Å²) in [4.78, 5) is 0. The molecule has 17 heavy (non-hydrogen) atoms. The van der Waals surface area contributed by atoms with Crippen LogP contribution in [0.1, 0.15) is 27.2 Å². The SMILES string of the molecule is CCC(C)C(C)NCCOCCOCCOC. The van der Waals surface area contributed by atoms with E-state index in [1.165, 1.54) is 6.42 Å². The second-order valence-corrected chi connectivity index (χ2v) is 4.35. The van der Waals surface area contributed by atoms with Crippen molar-refractivity contribution in [3.05, 3.63) is 0 Å². The maximum Gasteiger partial charge on any atom is 0.0701 e. The normalized spacial score (nSPS) is 14.8.